The minimum Gasteiger partial charge on any atom is -0.310 e. The maximum Gasteiger partial charge on any atom is 0.0541 e. The Kier molecular flexibility index (Phi) is 6.82. The molecule has 1 rings (SSSR count). The molecule has 1 atom stereocenters. The van der Waals surface area contributed by atoms with Crippen molar-refractivity contribution in [2.75, 3.05) is 26.7 Å². The summed E-state index contributed by atoms with van der Waals surface area (Å²) in [4.78, 5) is 6.67. The van der Waals surface area contributed by atoms with E-state index in [9.17, 15) is 0 Å². The van der Waals surface area contributed by atoms with Gasteiger partial charge in [0.1, 0.15) is 0 Å². The lowest BCUT2D eigenvalue weighted by Gasteiger charge is -2.20. The maximum atomic E-state index is 4.28. The molecule has 0 spiro atoms. The van der Waals surface area contributed by atoms with Crippen LogP contribution in [0.4, 0.5) is 0 Å². The molecule has 0 bridgehead atoms. The van der Waals surface area contributed by atoms with E-state index in [0.717, 1.165) is 31.2 Å². The number of likely N-dealkylation sites (N-methyl/N-ethyl adjacent to an activating group) is 1. The van der Waals surface area contributed by atoms with E-state index < -0.39 is 0 Å². The topological polar surface area (TPSA) is 28.2 Å². The fourth-order valence-corrected chi connectivity index (χ4v) is 1.74. The van der Waals surface area contributed by atoms with Crippen molar-refractivity contribution in [2.24, 2.45) is 5.92 Å². The molecule has 1 heterocycles. The summed E-state index contributed by atoms with van der Waals surface area (Å²) in [5.41, 5.74) is 1.11. The van der Waals surface area contributed by atoms with Crippen molar-refractivity contribution in [3.05, 3.63) is 30.1 Å². The monoisotopic (exact) mass is 235 g/mol. The summed E-state index contributed by atoms with van der Waals surface area (Å²) >= 11 is 0. The second-order valence-corrected chi connectivity index (χ2v) is 4.77. The summed E-state index contributed by atoms with van der Waals surface area (Å²) in [6, 6.07) is 6.03. The lowest BCUT2D eigenvalue weighted by molar-refractivity contribution is 0.281. The van der Waals surface area contributed by atoms with Gasteiger partial charge >= 0.3 is 0 Å². The molecule has 1 unspecified atom stereocenters. The standard InChI is InChI=1S/C14H25N3/c1-4-13(2)12-17(3)10-9-15-11-14-7-5-6-8-16-14/h5-8,13,15H,4,9-12H2,1-3H3. The molecule has 17 heavy (non-hydrogen) atoms. The normalized spacial score (nSPS) is 12.9. The van der Waals surface area contributed by atoms with Crippen LogP contribution in [0.1, 0.15) is 26.0 Å². The predicted molar refractivity (Wildman–Crippen MR) is 72.9 cm³/mol. The highest BCUT2D eigenvalue weighted by Crippen LogP contribution is 2.01. The highest BCUT2D eigenvalue weighted by molar-refractivity contribution is 5.02. The fraction of sp³-hybridized carbons (Fsp3) is 0.643. The quantitative estimate of drug-likeness (QED) is 0.700. The molecule has 0 aliphatic heterocycles. The van der Waals surface area contributed by atoms with Crippen LogP contribution in [0, 0.1) is 5.92 Å². The van der Waals surface area contributed by atoms with E-state index >= 15 is 0 Å². The first-order valence-corrected chi connectivity index (χ1v) is 6.51. The smallest absolute Gasteiger partial charge is 0.0541 e. The molecule has 3 heteroatoms. The van der Waals surface area contributed by atoms with Crippen molar-refractivity contribution in [1.82, 2.24) is 15.2 Å². The Balaban J connectivity index is 2.08. The molecule has 0 amide bonds. The zero-order chi connectivity index (χ0) is 12.5. The molecular weight excluding hydrogens is 210 g/mol. The van der Waals surface area contributed by atoms with Gasteiger partial charge in [-0.2, -0.15) is 0 Å². The molecule has 0 aliphatic carbocycles. The summed E-state index contributed by atoms with van der Waals surface area (Å²) < 4.78 is 0. The molecule has 0 fully saturated rings. The van der Waals surface area contributed by atoms with E-state index in [1.807, 2.05) is 18.3 Å². The van der Waals surface area contributed by atoms with E-state index in [1.54, 1.807) is 0 Å². The zero-order valence-corrected chi connectivity index (χ0v) is 11.3. The predicted octanol–water partition coefficient (Wildman–Crippen LogP) is 2.15. The molecule has 96 valence electrons. The van der Waals surface area contributed by atoms with Crippen molar-refractivity contribution in [1.29, 1.82) is 0 Å². The van der Waals surface area contributed by atoms with Gasteiger partial charge in [-0.1, -0.05) is 26.3 Å². The average molecular weight is 235 g/mol. The Bertz CT molecular complexity index is 287. The molecule has 0 radical (unpaired) electrons. The number of nitrogens with zero attached hydrogens (tertiary/aromatic N) is 2. The van der Waals surface area contributed by atoms with E-state index in [1.165, 1.54) is 13.0 Å². The van der Waals surface area contributed by atoms with E-state index in [2.05, 4.69) is 42.2 Å². The van der Waals surface area contributed by atoms with Crippen LogP contribution in [-0.4, -0.2) is 36.6 Å². The Morgan fingerprint density at radius 2 is 2.24 bits per heavy atom. The first-order valence-electron chi connectivity index (χ1n) is 6.51. The fourth-order valence-electron chi connectivity index (χ4n) is 1.74. The molecule has 0 saturated carbocycles. The van der Waals surface area contributed by atoms with Crippen molar-refractivity contribution >= 4 is 0 Å². The van der Waals surface area contributed by atoms with Crippen molar-refractivity contribution < 1.29 is 0 Å². The average Bonchev–Trinajstić information content (AvgIpc) is 2.36. The third-order valence-corrected chi connectivity index (χ3v) is 3.02. The number of aromatic nitrogens is 1. The Hall–Kier alpha value is -0.930. The van der Waals surface area contributed by atoms with Crippen LogP contribution in [0.3, 0.4) is 0 Å². The second kappa shape index (κ2) is 8.20. The van der Waals surface area contributed by atoms with Gasteiger partial charge in [0.2, 0.25) is 0 Å². The van der Waals surface area contributed by atoms with Gasteiger partial charge in [-0.05, 0) is 25.1 Å². The highest BCUT2D eigenvalue weighted by atomic mass is 15.1. The molecule has 0 saturated heterocycles. The maximum absolute atomic E-state index is 4.28. The van der Waals surface area contributed by atoms with Gasteiger partial charge in [-0.15, -0.1) is 0 Å². The lowest BCUT2D eigenvalue weighted by Crippen LogP contribution is -2.32. The van der Waals surface area contributed by atoms with Gasteiger partial charge in [-0.25, -0.2) is 0 Å². The molecule has 0 aliphatic rings. The minimum absolute atomic E-state index is 0.788. The Morgan fingerprint density at radius 3 is 2.88 bits per heavy atom. The van der Waals surface area contributed by atoms with Crippen LogP contribution in [-0.2, 0) is 6.54 Å². The van der Waals surface area contributed by atoms with Crippen molar-refractivity contribution in [3.63, 3.8) is 0 Å². The number of rotatable bonds is 8. The van der Waals surface area contributed by atoms with Crippen LogP contribution in [0.5, 0.6) is 0 Å². The lowest BCUT2D eigenvalue weighted by atomic mass is 10.1. The number of hydrogen-bond donors (Lipinski definition) is 1. The van der Waals surface area contributed by atoms with Crippen molar-refractivity contribution in [2.45, 2.75) is 26.8 Å². The molecule has 0 aromatic carbocycles. The van der Waals surface area contributed by atoms with Gasteiger partial charge in [-0.3, -0.25) is 4.98 Å². The van der Waals surface area contributed by atoms with E-state index in [4.69, 9.17) is 0 Å². The van der Waals surface area contributed by atoms with Crippen molar-refractivity contribution in [3.8, 4) is 0 Å². The molecule has 1 aromatic rings. The van der Waals surface area contributed by atoms with Gasteiger partial charge in [0.15, 0.2) is 0 Å². The van der Waals surface area contributed by atoms with Gasteiger partial charge in [0.05, 0.1) is 5.69 Å². The summed E-state index contributed by atoms with van der Waals surface area (Å²) in [6.45, 7) is 8.70. The number of nitrogens with one attached hydrogen (secondary N) is 1. The van der Waals surface area contributed by atoms with Gasteiger partial charge < -0.3 is 10.2 Å². The Morgan fingerprint density at radius 1 is 1.41 bits per heavy atom. The zero-order valence-electron chi connectivity index (χ0n) is 11.3. The summed E-state index contributed by atoms with van der Waals surface area (Å²) in [7, 11) is 2.19. The largest absolute Gasteiger partial charge is 0.310 e. The first-order chi connectivity index (χ1) is 8.22. The van der Waals surface area contributed by atoms with Crippen LogP contribution in [0.2, 0.25) is 0 Å². The van der Waals surface area contributed by atoms with Gasteiger partial charge in [0, 0.05) is 32.4 Å². The summed E-state index contributed by atoms with van der Waals surface area (Å²) in [6.07, 6.45) is 3.10. The molecule has 3 nitrogen and oxygen atoms in total. The highest BCUT2D eigenvalue weighted by Gasteiger charge is 2.03. The van der Waals surface area contributed by atoms with Crippen LogP contribution >= 0.6 is 0 Å². The molecule has 1 aromatic heterocycles. The van der Waals surface area contributed by atoms with E-state index in [0.29, 0.717) is 0 Å². The third kappa shape index (κ3) is 6.39. The third-order valence-electron chi connectivity index (χ3n) is 3.02. The molecule has 1 N–H and O–H groups in total. The SMILES string of the molecule is CCC(C)CN(C)CCNCc1ccccn1. The van der Waals surface area contributed by atoms with Crippen LogP contribution in [0.15, 0.2) is 24.4 Å². The number of pyridine rings is 1. The summed E-state index contributed by atoms with van der Waals surface area (Å²) in [5, 5.41) is 3.42. The van der Waals surface area contributed by atoms with E-state index in [-0.39, 0.29) is 0 Å². The Labute approximate surface area is 105 Å². The van der Waals surface area contributed by atoms with Crippen LogP contribution < -0.4 is 5.32 Å². The second-order valence-electron chi connectivity index (χ2n) is 4.77. The number of hydrogen-bond acceptors (Lipinski definition) is 3. The summed E-state index contributed by atoms with van der Waals surface area (Å²) in [5.74, 6) is 0.788. The van der Waals surface area contributed by atoms with Crippen LogP contribution in [0.25, 0.3) is 0 Å². The van der Waals surface area contributed by atoms with Gasteiger partial charge in [0.25, 0.3) is 0 Å². The molecular formula is C14H25N3. The minimum atomic E-state index is 0.788. The first kappa shape index (κ1) is 14.1.